The van der Waals surface area contributed by atoms with Crippen LogP contribution in [0.5, 0.6) is 0 Å². The van der Waals surface area contributed by atoms with Gasteiger partial charge in [0.25, 0.3) is 0 Å². The second-order valence-corrected chi connectivity index (χ2v) is 15.8. The van der Waals surface area contributed by atoms with Crippen LogP contribution in [-0.4, -0.2) is 14.5 Å². The Hall–Kier alpha value is -8.14. The van der Waals surface area contributed by atoms with E-state index in [0.29, 0.717) is 0 Å². The van der Waals surface area contributed by atoms with Crippen LogP contribution in [0.15, 0.2) is 225 Å². The predicted octanol–water partition coefficient (Wildman–Crippen LogP) is 15.4. The smallest absolute Gasteiger partial charge is 0.0979 e. The van der Waals surface area contributed by atoms with Gasteiger partial charge >= 0.3 is 0 Å². The van der Waals surface area contributed by atoms with Gasteiger partial charge in [-0.3, -0.25) is 4.98 Å². The second-order valence-electron chi connectivity index (χ2n) is 15.8. The van der Waals surface area contributed by atoms with Crippen LogP contribution >= 0.6 is 0 Å². The minimum Gasteiger partial charge on any atom is -0.309 e. The summed E-state index contributed by atoms with van der Waals surface area (Å²) >= 11 is 0. The fraction of sp³-hybridized carbons (Fsp3) is 0. The van der Waals surface area contributed by atoms with E-state index in [4.69, 9.17) is 9.97 Å². The third-order valence-corrected chi connectivity index (χ3v) is 12.2. The van der Waals surface area contributed by atoms with Gasteiger partial charge in [0.2, 0.25) is 0 Å². The Morgan fingerprint density at radius 1 is 0.279 bits per heavy atom. The molecule has 0 N–H and O–H groups in total. The number of nitrogens with zero attached hydrogens (tertiary/aromatic N) is 3. The first-order valence-corrected chi connectivity index (χ1v) is 20.8. The molecule has 12 aromatic rings. The summed E-state index contributed by atoms with van der Waals surface area (Å²) in [6.07, 6.45) is 1.92. The molecule has 0 aliphatic rings. The van der Waals surface area contributed by atoms with Crippen molar-refractivity contribution < 1.29 is 0 Å². The van der Waals surface area contributed by atoms with Crippen LogP contribution in [0.3, 0.4) is 0 Å². The van der Waals surface area contributed by atoms with Crippen LogP contribution in [0.1, 0.15) is 0 Å². The van der Waals surface area contributed by atoms with Crippen LogP contribution < -0.4 is 0 Å². The van der Waals surface area contributed by atoms with Crippen molar-refractivity contribution in [3.8, 4) is 61.5 Å². The molecular weight excluding hydrogens is 739 g/mol. The molecule has 10 aromatic carbocycles. The lowest BCUT2D eigenvalue weighted by Gasteiger charge is -2.12. The summed E-state index contributed by atoms with van der Waals surface area (Å²) in [5.41, 5.74) is 16.7. The van der Waals surface area contributed by atoms with Gasteiger partial charge in [-0.1, -0.05) is 176 Å². The van der Waals surface area contributed by atoms with Gasteiger partial charge in [-0.15, -0.1) is 0 Å². The largest absolute Gasteiger partial charge is 0.309 e. The number of hydrogen-bond donors (Lipinski definition) is 0. The lowest BCUT2D eigenvalue weighted by Crippen LogP contribution is -1.94. The zero-order chi connectivity index (χ0) is 40.3. The van der Waals surface area contributed by atoms with E-state index in [1.165, 1.54) is 66.0 Å². The summed E-state index contributed by atoms with van der Waals surface area (Å²) in [5, 5.41) is 7.12. The lowest BCUT2D eigenvalue weighted by atomic mass is 9.98. The molecule has 12 rings (SSSR count). The van der Waals surface area contributed by atoms with Crippen LogP contribution in [-0.2, 0) is 0 Å². The molecule has 0 fully saturated rings. The molecule has 0 amide bonds. The maximum absolute atomic E-state index is 5.25. The highest BCUT2D eigenvalue weighted by atomic mass is 15.0. The van der Waals surface area contributed by atoms with Gasteiger partial charge in [0.15, 0.2) is 0 Å². The van der Waals surface area contributed by atoms with E-state index in [9.17, 15) is 0 Å². The monoisotopic (exact) mass is 775 g/mol. The summed E-state index contributed by atoms with van der Waals surface area (Å²) < 4.78 is 2.42. The van der Waals surface area contributed by atoms with Crippen molar-refractivity contribution in [2.24, 2.45) is 0 Å². The van der Waals surface area contributed by atoms with Crippen molar-refractivity contribution in [3.05, 3.63) is 225 Å². The summed E-state index contributed by atoms with van der Waals surface area (Å²) in [6.45, 7) is 0. The van der Waals surface area contributed by atoms with Crippen LogP contribution in [0.25, 0.3) is 116 Å². The van der Waals surface area contributed by atoms with Crippen molar-refractivity contribution >= 4 is 54.4 Å². The van der Waals surface area contributed by atoms with Gasteiger partial charge in [0.05, 0.1) is 34.0 Å². The van der Waals surface area contributed by atoms with Gasteiger partial charge in [-0.2, -0.15) is 0 Å². The van der Waals surface area contributed by atoms with Crippen molar-refractivity contribution in [2.75, 3.05) is 0 Å². The maximum atomic E-state index is 5.25. The Morgan fingerprint density at radius 3 is 1.30 bits per heavy atom. The summed E-state index contributed by atoms with van der Waals surface area (Å²) in [7, 11) is 0. The SMILES string of the molecule is c1ccc(-c2ccc3c(c2)c2cc(-c4ccccc4)ccc2n3-c2cccc(-c3ccc(-c4cccc(-c5cnc6c7ccccc7c7ccccc7c6n5)c4)cc3)c2)cc1. The third-order valence-electron chi connectivity index (χ3n) is 12.2. The third kappa shape index (κ3) is 5.98. The van der Waals surface area contributed by atoms with E-state index in [-0.39, 0.29) is 0 Å². The molecule has 0 bridgehead atoms. The fourth-order valence-corrected chi connectivity index (χ4v) is 9.22. The lowest BCUT2D eigenvalue weighted by molar-refractivity contribution is 1.18. The first-order chi connectivity index (χ1) is 30.2. The van der Waals surface area contributed by atoms with Crippen molar-refractivity contribution in [2.45, 2.75) is 0 Å². The van der Waals surface area contributed by atoms with Gasteiger partial charge in [0.1, 0.15) is 0 Å². The highest BCUT2D eigenvalue weighted by Gasteiger charge is 2.16. The zero-order valence-corrected chi connectivity index (χ0v) is 33.2. The average molecular weight is 776 g/mol. The van der Waals surface area contributed by atoms with Gasteiger partial charge < -0.3 is 4.57 Å². The molecule has 0 saturated heterocycles. The zero-order valence-electron chi connectivity index (χ0n) is 33.2. The number of rotatable bonds is 6. The van der Waals surface area contributed by atoms with E-state index in [1.54, 1.807) is 0 Å². The Morgan fingerprint density at radius 2 is 0.705 bits per heavy atom. The fourth-order valence-electron chi connectivity index (χ4n) is 9.22. The van der Waals surface area contributed by atoms with Crippen LogP contribution in [0.4, 0.5) is 0 Å². The summed E-state index contributed by atoms with van der Waals surface area (Å²) in [5.74, 6) is 0. The van der Waals surface area contributed by atoms with E-state index in [2.05, 4.69) is 223 Å². The molecule has 0 spiro atoms. The highest BCUT2D eigenvalue weighted by molar-refractivity contribution is 6.23. The molecule has 0 atom stereocenters. The van der Waals surface area contributed by atoms with Crippen molar-refractivity contribution in [1.29, 1.82) is 0 Å². The first-order valence-electron chi connectivity index (χ1n) is 20.8. The van der Waals surface area contributed by atoms with Crippen molar-refractivity contribution in [1.82, 2.24) is 14.5 Å². The number of benzene rings is 10. The Balaban J connectivity index is 0.904. The predicted molar refractivity (Wildman–Crippen MR) is 256 cm³/mol. The molecule has 0 saturated carbocycles. The molecule has 284 valence electrons. The molecule has 2 aromatic heterocycles. The molecule has 0 radical (unpaired) electrons. The van der Waals surface area contributed by atoms with Gasteiger partial charge in [-0.25, -0.2) is 4.98 Å². The van der Waals surface area contributed by atoms with E-state index in [1.807, 2.05) is 6.20 Å². The average Bonchev–Trinajstić information content (AvgIpc) is 3.67. The molecule has 0 aliphatic heterocycles. The molecule has 61 heavy (non-hydrogen) atoms. The Kier molecular flexibility index (Phi) is 8.17. The van der Waals surface area contributed by atoms with Gasteiger partial charge in [-0.05, 0) is 97.7 Å². The topological polar surface area (TPSA) is 30.7 Å². The minimum atomic E-state index is 0.862. The number of hydrogen-bond acceptors (Lipinski definition) is 2. The Labute approximate surface area is 353 Å². The minimum absolute atomic E-state index is 0.862. The normalized spacial score (nSPS) is 11.6. The first kappa shape index (κ1) is 34.9. The van der Waals surface area contributed by atoms with Crippen LogP contribution in [0.2, 0.25) is 0 Å². The molecule has 3 heteroatoms. The molecular formula is C58H37N3. The standard InChI is InChI=1S/C58H37N3/c1-3-13-38(14-4-1)44-29-31-55-52(35-44)53-36-45(39-15-5-2-6-16-39)30-32-56(53)61(55)47-20-12-18-43(34-47)41-27-25-40(26-28-41)42-17-11-19-46(33-42)54-37-59-57-50-23-9-7-21-48(50)49-22-8-10-24-51(49)58(57)60-54/h1-37H. The van der Waals surface area contributed by atoms with E-state index < -0.39 is 0 Å². The van der Waals surface area contributed by atoms with Crippen molar-refractivity contribution in [3.63, 3.8) is 0 Å². The maximum Gasteiger partial charge on any atom is 0.0979 e. The molecule has 2 heterocycles. The highest BCUT2D eigenvalue weighted by Crippen LogP contribution is 2.39. The Bertz CT molecular complexity index is 3490. The molecule has 0 unspecified atom stereocenters. The molecule has 0 aliphatic carbocycles. The molecule has 3 nitrogen and oxygen atoms in total. The van der Waals surface area contributed by atoms with E-state index in [0.717, 1.165) is 49.9 Å². The number of fused-ring (bicyclic) bond motifs is 9. The quantitative estimate of drug-likeness (QED) is 0.158. The summed E-state index contributed by atoms with van der Waals surface area (Å²) in [6, 6.07) is 78.5. The number of aromatic nitrogens is 3. The second kappa shape index (κ2) is 14.3. The van der Waals surface area contributed by atoms with Crippen LogP contribution in [0, 0.1) is 0 Å². The van der Waals surface area contributed by atoms with Gasteiger partial charge in [0, 0.05) is 32.8 Å². The summed E-state index contributed by atoms with van der Waals surface area (Å²) in [4.78, 5) is 10.3. The van der Waals surface area contributed by atoms with E-state index >= 15 is 0 Å².